The Kier molecular flexibility index (Phi) is 5.34. The minimum atomic E-state index is -0.298. The molecule has 4 aromatic rings. The lowest BCUT2D eigenvalue weighted by molar-refractivity contribution is 0.0685. The first kappa shape index (κ1) is 19.9. The maximum Gasteiger partial charge on any atom is 0.257 e. The summed E-state index contributed by atoms with van der Waals surface area (Å²) in [4.78, 5) is 15.3. The van der Waals surface area contributed by atoms with E-state index in [0.29, 0.717) is 12.1 Å². The number of carbonyl (C=O) groups is 1. The number of hydrogen-bond acceptors (Lipinski definition) is 4. The normalized spacial score (nSPS) is 15.2. The van der Waals surface area contributed by atoms with E-state index in [4.69, 9.17) is 4.74 Å². The van der Waals surface area contributed by atoms with E-state index in [0.717, 1.165) is 34.7 Å². The average molecular weight is 425 g/mol. The smallest absolute Gasteiger partial charge is 0.257 e. The minimum absolute atomic E-state index is 0.0188. The molecule has 160 valence electrons. The van der Waals surface area contributed by atoms with Gasteiger partial charge >= 0.3 is 0 Å². The van der Waals surface area contributed by atoms with E-state index >= 15 is 0 Å². The van der Waals surface area contributed by atoms with E-state index in [1.165, 1.54) is 0 Å². The van der Waals surface area contributed by atoms with Gasteiger partial charge in [-0.3, -0.25) is 4.79 Å². The fourth-order valence-corrected chi connectivity index (χ4v) is 4.03. The SMILES string of the molecule is COc1ccc(CCN2C(=O)c3ccccc3N[C@@H]2c2cnn(-c3ccccc3)c2)cc1. The van der Waals surface area contributed by atoms with E-state index in [1.54, 1.807) is 7.11 Å². The van der Waals surface area contributed by atoms with Crippen LogP contribution in [-0.2, 0) is 6.42 Å². The molecule has 6 heteroatoms. The van der Waals surface area contributed by atoms with Crippen molar-refractivity contribution in [2.75, 3.05) is 19.0 Å². The molecule has 0 saturated heterocycles. The number of nitrogens with zero attached hydrogens (tertiary/aromatic N) is 3. The van der Waals surface area contributed by atoms with Crippen LogP contribution in [0.15, 0.2) is 91.3 Å². The summed E-state index contributed by atoms with van der Waals surface area (Å²) in [6.45, 7) is 0.577. The molecule has 1 aliphatic rings. The lowest BCUT2D eigenvalue weighted by Crippen LogP contribution is -2.43. The molecule has 5 rings (SSSR count). The lowest BCUT2D eigenvalue weighted by Gasteiger charge is -2.37. The monoisotopic (exact) mass is 424 g/mol. The van der Waals surface area contributed by atoms with Crippen LogP contribution in [0.1, 0.15) is 27.7 Å². The number of carbonyl (C=O) groups excluding carboxylic acids is 1. The first-order valence-corrected chi connectivity index (χ1v) is 10.6. The van der Waals surface area contributed by atoms with Crippen LogP contribution in [0.2, 0.25) is 0 Å². The quantitative estimate of drug-likeness (QED) is 0.488. The summed E-state index contributed by atoms with van der Waals surface area (Å²) in [5, 5.41) is 8.08. The third kappa shape index (κ3) is 3.83. The standard InChI is InChI=1S/C26H24N4O2/c1-32-22-13-11-19(12-14-22)15-16-29-25(28-24-10-6-5-9-23(24)26(29)31)20-17-27-30(18-20)21-7-3-2-4-8-21/h2-14,17-18,25,28H,15-16H2,1H3/t25-/m0/s1. The molecule has 2 heterocycles. The molecular weight excluding hydrogens is 400 g/mol. The maximum absolute atomic E-state index is 13.4. The molecule has 1 atom stereocenters. The van der Waals surface area contributed by atoms with Gasteiger partial charge in [0.05, 0.1) is 24.6 Å². The molecule has 1 aromatic heterocycles. The van der Waals surface area contributed by atoms with Crippen molar-refractivity contribution >= 4 is 11.6 Å². The minimum Gasteiger partial charge on any atom is -0.497 e. The lowest BCUT2D eigenvalue weighted by atomic mass is 10.0. The van der Waals surface area contributed by atoms with Crippen molar-refractivity contribution in [3.8, 4) is 11.4 Å². The Morgan fingerprint density at radius 2 is 1.72 bits per heavy atom. The van der Waals surface area contributed by atoms with Gasteiger partial charge in [0.1, 0.15) is 11.9 Å². The third-order valence-corrected chi connectivity index (χ3v) is 5.76. The molecular formula is C26H24N4O2. The Morgan fingerprint density at radius 3 is 2.50 bits per heavy atom. The van der Waals surface area contributed by atoms with Gasteiger partial charge in [0.25, 0.3) is 5.91 Å². The fourth-order valence-electron chi connectivity index (χ4n) is 4.03. The number of para-hydroxylation sites is 2. The highest BCUT2D eigenvalue weighted by Crippen LogP contribution is 2.33. The van der Waals surface area contributed by atoms with Gasteiger partial charge in [-0.05, 0) is 48.4 Å². The van der Waals surface area contributed by atoms with Gasteiger partial charge in [0, 0.05) is 24.0 Å². The highest BCUT2D eigenvalue weighted by Gasteiger charge is 2.33. The first-order valence-electron chi connectivity index (χ1n) is 10.6. The zero-order chi connectivity index (χ0) is 21.9. The molecule has 0 unspecified atom stereocenters. The molecule has 0 spiro atoms. The summed E-state index contributed by atoms with van der Waals surface area (Å²) in [7, 11) is 1.66. The predicted octanol–water partition coefficient (Wildman–Crippen LogP) is 4.69. The number of rotatable bonds is 6. The van der Waals surface area contributed by atoms with Gasteiger partial charge in [0.15, 0.2) is 0 Å². The number of nitrogens with one attached hydrogen (secondary N) is 1. The second-order valence-electron chi connectivity index (χ2n) is 7.74. The van der Waals surface area contributed by atoms with E-state index < -0.39 is 0 Å². The highest BCUT2D eigenvalue weighted by molar-refractivity contribution is 6.01. The summed E-state index contributed by atoms with van der Waals surface area (Å²) in [6, 6.07) is 25.6. The van der Waals surface area contributed by atoms with Crippen molar-refractivity contribution in [1.29, 1.82) is 0 Å². The molecule has 0 radical (unpaired) electrons. The maximum atomic E-state index is 13.4. The van der Waals surface area contributed by atoms with Crippen LogP contribution < -0.4 is 10.1 Å². The molecule has 1 amide bonds. The Balaban J connectivity index is 1.44. The van der Waals surface area contributed by atoms with Gasteiger partial charge in [-0.25, -0.2) is 4.68 Å². The van der Waals surface area contributed by atoms with Gasteiger partial charge in [-0.1, -0.05) is 42.5 Å². The summed E-state index contributed by atoms with van der Waals surface area (Å²) >= 11 is 0. The van der Waals surface area contributed by atoms with E-state index in [-0.39, 0.29) is 12.1 Å². The summed E-state index contributed by atoms with van der Waals surface area (Å²) in [6.07, 6.45) is 4.25. The van der Waals surface area contributed by atoms with E-state index in [1.807, 2.05) is 101 Å². The summed E-state index contributed by atoms with van der Waals surface area (Å²) < 4.78 is 7.09. The van der Waals surface area contributed by atoms with Crippen molar-refractivity contribution in [3.05, 3.63) is 108 Å². The number of ether oxygens (including phenoxy) is 1. The number of aromatic nitrogens is 2. The molecule has 32 heavy (non-hydrogen) atoms. The number of anilines is 1. The Morgan fingerprint density at radius 1 is 0.969 bits per heavy atom. The number of methoxy groups -OCH3 is 1. The van der Waals surface area contributed by atoms with Crippen LogP contribution in [0.25, 0.3) is 5.69 Å². The van der Waals surface area contributed by atoms with Crippen LogP contribution in [0.4, 0.5) is 5.69 Å². The third-order valence-electron chi connectivity index (χ3n) is 5.76. The summed E-state index contributed by atoms with van der Waals surface area (Å²) in [5.41, 5.74) is 4.60. The Labute approximate surface area is 187 Å². The van der Waals surface area contributed by atoms with Gasteiger partial charge in [0.2, 0.25) is 0 Å². The number of hydrogen-bond donors (Lipinski definition) is 1. The molecule has 0 bridgehead atoms. The van der Waals surface area contributed by atoms with Crippen LogP contribution in [-0.4, -0.2) is 34.2 Å². The fraction of sp³-hybridized carbons (Fsp3) is 0.154. The second-order valence-corrected chi connectivity index (χ2v) is 7.74. The van der Waals surface area contributed by atoms with Gasteiger partial charge < -0.3 is 15.0 Å². The molecule has 3 aromatic carbocycles. The Hall–Kier alpha value is -4.06. The number of fused-ring (bicyclic) bond motifs is 1. The number of benzene rings is 3. The molecule has 6 nitrogen and oxygen atoms in total. The van der Waals surface area contributed by atoms with Gasteiger partial charge in [-0.15, -0.1) is 0 Å². The van der Waals surface area contributed by atoms with Crippen LogP contribution in [0.5, 0.6) is 5.75 Å². The molecule has 0 saturated carbocycles. The second kappa shape index (κ2) is 8.59. The zero-order valence-electron chi connectivity index (χ0n) is 17.8. The van der Waals surface area contributed by atoms with Crippen molar-refractivity contribution < 1.29 is 9.53 Å². The first-order chi connectivity index (χ1) is 15.7. The van der Waals surface area contributed by atoms with E-state index in [2.05, 4.69) is 10.4 Å². The van der Waals surface area contributed by atoms with Crippen LogP contribution in [0.3, 0.4) is 0 Å². The Bertz CT molecular complexity index is 1220. The van der Waals surface area contributed by atoms with Crippen molar-refractivity contribution in [2.24, 2.45) is 0 Å². The van der Waals surface area contributed by atoms with Crippen LogP contribution >= 0.6 is 0 Å². The van der Waals surface area contributed by atoms with Crippen molar-refractivity contribution in [3.63, 3.8) is 0 Å². The van der Waals surface area contributed by atoms with Crippen molar-refractivity contribution in [2.45, 2.75) is 12.6 Å². The van der Waals surface area contributed by atoms with E-state index in [9.17, 15) is 4.79 Å². The topological polar surface area (TPSA) is 59.4 Å². The van der Waals surface area contributed by atoms with Gasteiger partial charge in [-0.2, -0.15) is 5.10 Å². The molecule has 0 fully saturated rings. The zero-order valence-corrected chi connectivity index (χ0v) is 17.8. The number of amides is 1. The molecule has 1 N–H and O–H groups in total. The van der Waals surface area contributed by atoms with Crippen LogP contribution in [0, 0.1) is 0 Å². The molecule has 0 aliphatic carbocycles. The largest absolute Gasteiger partial charge is 0.497 e. The molecule has 1 aliphatic heterocycles. The average Bonchev–Trinajstić information content (AvgIpc) is 3.34. The van der Waals surface area contributed by atoms with Crippen molar-refractivity contribution in [1.82, 2.24) is 14.7 Å². The highest BCUT2D eigenvalue weighted by atomic mass is 16.5. The summed E-state index contributed by atoms with van der Waals surface area (Å²) in [5.74, 6) is 0.843. The predicted molar refractivity (Wildman–Crippen MR) is 124 cm³/mol.